The first kappa shape index (κ1) is 23.8. The van der Waals surface area contributed by atoms with Gasteiger partial charge >= 0.3 is 0 Å². The van der Waals surface area contributed by atoms with Crippen LogP contribution in [0.5, 0.6) is 0 Å². The van der Waals surface area contributed by atoms with Gasteiger partial charge in [0.15, 0.2) is 5.76 Å². The quantitative estimate of drug-likeness (QED) is 0.630. The predicted octanol–water partition coefficient (Wildman–Crippen LogP) is 2.13. The summed E-state index contributed by atoms with van der Waals surface area (Å²) in [6.07, 6.45) is 0.685. The summed E-state index contributed by atoms with van der Waals surface area (Å²) in [5.41, 5.74) is 0.386. The van der Waals surface area contributed by atoms with Gasteiger partial charge in [0.25, 0.3) is 0 Å². The van der Waals surface area contributed by atoms with Crippen molar-refractivity contribution in [1.82, 2.24) is 19.3 Å². The van der Waals surface area contributed by atoms with Crippen LogP contribution < -0.4 is 0 Å². The maximum Gasteiger partial charge on any atom is 0.248 e. The van der Waals surface area contributed by atoms with Gasteiger partial charge in [0.05, 0.1) is 6.54 Å². The Hall–Kier alpha value is -1.45. The third kappa shape index (κ3) is 6.26. The molecule has 1 fully saturated rings. The predicted molar refractivity (Wildman–Crippen MR) is 112 cm³/mol. The Labute approximate surface area is 175 Å². The van der Waals surface area contributed by atoms with Crippen molar-refractivity contribution >= 4 is 15.9 Å². The molecule has 9 heteroatoms. The normalized spacial score (nSPS) is 17.1. The van der Waals surface area contributed by atoms with Crippen molar-refractivity contribution in [3.05, 3.63) is 11.5 Å². The van der Waals surface area contributed by atoms with E-state index < -0.39 is 10.0 Å². The fourth-order valence-corrected chi connectivity index (χ4v) is 5.53. The molecule has 0 atom stereocenters. The maximum absolute atomic E-state index is 13.1. The molecule has 0 saturated carbocycles. The fourth-order valence-electron chi connectivity index (χ4n) is 3.77. The zero-order valence-corrected chi connectivity index (χ0v) is 19.5. The molecule has 0 radical (unpaired) electrons. The van der Waals surface area contributed by atoms with Gasteiger partial charge < -0.3 is 9.42 Å². The molecule has 166 valence electrons. The minimum atomic E-state index is -3.65. The zero-order valence-electron chi connectivity index (χ0n) is 18.6. The van der Waals surface area contributed by atoms with Crippen LogP contribution >= 0.6 is 0 Å². The Kier molecular flexibility index (Phi) is 8.25. The summed E-state index contributed by atoms with van der Waals surface area (Å²) in [6.45, 7) is 15.6. The van der Waals surface area contributed by atoms with E-state index in [0.29, 0.717) is 62.4 Å². The first-order valence-electron chi connectivity index (χ1n) is 10.5. The van der Waals surface area contributed by atoms with E-state index in [2.05, 4.69) is 37.8 Å². The van der Waals surface area contributed by atoms with Gasteiger partial charge in [-0.2, -0.15) is 4.31 Å². The highest BCUT2D eigenvalue weighted by molar-refractivity contribution is 7.89. The summed E-state index contributed by atoms with van der Waals surface area (Å²) in [6, 6.07) is 0. The molecule has 1 amide bonds. The van der Waals surface area contributed by atoms with Gasteiger partial charge in [0, 0.05) is 32.7 Å². The molecule has 0 unspecified atom stereocenters. The Balaban J connectivity index is 2.03. The second kappa shape index (κ2) is 10.0. The number of aromatic nitrogens is 1. The number of hydrogen-bond donors (Lipinski definition) is 0. The van der Waals surface area contributed by atoms with E-state index in [0.717, 1.165) is 13.1 Å². The van der Waals surface area contributed by atoms with Crippen molar-refractivity contribution in [3.63, 3.8) is 0 Å². The topological polar surface area (TPSA) is 87.0 Å². The molecule has 1 aliphatic heterocycles. The first-order valence-corrected chi connectivity index (χ1v) is 11.9. The monoisotopic (exact) mass is 428 g/mol. The Morgan fingerprint density at radius 3 is 2.21 bits per heavy atom. The minimum Gasteiger partial charge on any atom is -0.360 e. The largest absolute Gasteiger partial charge is 0.360 e. The lowest BCUT2D eigenvalue weighted by molar-refractivity contribution is -0.133. The van der Waals surface area contributed by atoms with Crippen molar-refractivity contribution in [2.45, 2.75) is 52.9 Å². The summed E-state index contributed by atoms with van der Waals surface area (Å²) in [5, 5.41) is 3.78. The molecule has 0 spiro atoms. The SMILES string of the molecule is Cc1noc(C)c1S(=O)(=O)N1CCCN(CC(=O)N(CC(C)C)CC(C)C)CC1. The Morgan fingerprint density at radius 2 is 1.69 bits per heavy atom. The highest BCUT2D eigenvalue weighted by atomic mass is 32.2. The number of carbonyl (C=O) groups excluding carboxylic acids is 1. The van der Waals surface area contributed by atoms with E-state index >= 15 is 0 Å². The van der Waals surface area contributed by atoms with E-state index in [1.807, 2.05) is 4.90 Å². The van der Waals surface area contributed by atoms with E-state index in [1.54, 1.807) is 13.8 Å². The number of hydrogen-bond acceptors (Lipinski definition) is 6. The van der Waals surface area contributed by atoms with Crippen LogP contribution in [0, 0.1) is 25.7 Å². The summed E-state index contributed by atoms with van der Waals surface area (Å²) in [5.74, 6) is 1.27. The summed E-state index contributed by atoms with van der Waals surface area (Å²) < 4.78 is 32.7. The smallest absolute Gasteiger partial charge is 0.248 e. The lowest BCUT2D eigenvalue weighted by Crippen LogP contribution is -2.44. The standard InChI is InChI=1S/C20H36N4O4S/c1-15(2)12-23(13-16(3)4)19(25)14-22-8-7-9-24(11-10-22)29(26,27)20-17(5)21-28-18(20)6/h15-16H,7-14H2,1-6H3. The van der Waals surface area contributed by atoms with Gasteiger partial charge in [0.1, 0.15) is 10.6 Å². The van der Waals surface area contributed by atoms with Gasteiger partial charge in [0.2, 0.25) is 15.9 Å². The Morgan fingerprint density at radius 1 is 1.07 bits per heavy atom. The third-order valence-electron chi connectivity index (χ3n) is 5.00. The van der Waals surface area contributed by atoms with Crippen molar-refractivity contribution in [3.8, 4) is 0 Å². The molecule has 0 N–H and O–H groups in total. The highest BCUT2D eigenvalue weighted by Gasteiger charge is 2.32. The molecule has 2 heterocycles. The average molecular weight is 429 g/mol. The van der Waals surface area contributed by atoms with Gasteiger partial charge in [-0.1, -0.05) is 32.9 Å². The van der Waals surface area contributed by atoms with Crippen LogP contribution in [-0.4, -0.2) is 79.4 Å². The second-order valence-corrected chi connectivity index (χ2v) is 10.6. The van der Waals surface area contributed by atoms with Crippen LogP contribution in [0.2, 0.25) is 0 Å². The lowest BCUT2D eigenvalue weighted by atomic mass is 10.1. The molecule has 29 heavy (non-hydrogen) atoms. The lowest BCUT2D eigenvalue weighted by Gasteiger charge is -2.29. The van der Waals surface area contributed by atoms with Crippen molar-refractivity contribution in [2.75, 3.05) is 45.8 Å². The number of carbonyl (C=O) groups is 1. The van der Waals surface area contributed by atoms with Crippen molar-refractivity contribution < 1.29 is 17.7 Å². The molecular weight excluding hydrogens is 392 g/mol. The number of sulfonamides is 1. The molecule has 0 bridgehead atoms. The van der Waals surface area contributed by atoms with Gasteiger partial charge in [-0.25, -0.2) is 8.42 Å². The number of aryl methyl sites for hydroxylation is 2. The first-order chi connectivity index (χ1) is 13.5. The van der Waals surface area contributed by atoms with E-state index in [1.165, 1.54) is 4.31 Å². The van der Waals surface area contributed by atoms with E-state index in [4.69, 9.17) is 4.52 Å². The molecule has 2 rings (SSSR count). The summed E-state index contributed by atoms with van der Waals surface area (Å²) in [7, 11) is -3.65. The van der Waals surface area contributed by atoms with E-state index in [9.17, 15) is 13.2 Å². The number of rotatable bonds is 8. The zero-order chi connectivity index (χ0) is 21.8. The number of nitrogens with zero attached hydrogens (tertiary/aromatic N) is 4. The molecule has 1 saturated heterocycles. The molecule has 1 aromatic rings. The molecule has 8 nitrogen and oxygen atoms in total. The van der Waals surface area contributed by atoms with Crippen LogP contribution in [-0.2, 0) is 14.8 Å². The van der Waals surface area contributed by atoms with Crippen molar-refractivity contribution in [2.24, 2.45) is 11.8 Å². The Bertz CT molecular complexity index is 759. The van der Waals surface area contributed by atoms with Crippen LogP contribution in [0.25, 0.3) is 0 Å². The van der Waals surface area contributed by atoms with Crippen LogP contribution in [0.4, 0.5) is 0 Å². The minimum absolute atomic E-state index is 0.120. The third-order valence-corrected chi connectivity index (χ3v) is 7.14. The number of amides is 1. The van der Waals surface area contributed by atoms with Crippen LogP contribution in [0.15, 0.2) is 9.42 Å². The van der Waals surface area contributed by atoms with Gasteiger partial charge in [-0.3, -0.25) is 9.69 Å². The highest BCUT2D eigenvalue weighted by Crippen LogP contribution is 2.24. The second-order valence-electron chi connectivity index (χ2n) is 8.77. The molecule has 0 aliphatic carbocycles. The van der Waals surface area contributed by atoms with Crippen LogP contribution in [0.3, 0.4) is 0 Å². The molecular formula is C20H36N4O4S. The summed E-state index contributed by atoms with van der Waals surface area (Å²) in [4.78, 5) is 17.1. The average Bonchev–Trinajstić information content (AvgIpc) is 2.80. The fraction of sp³-hybridized carbons (Fsp3) is 0.800. The van der Waals surface area contributed by atoms with Crippen LogP contribution in [0.1, 0.15) is 45.6 Å². The molecule has 0 aromatic carbocycles. The summed E-state index contributed by atoms with van der Waals surface area (Å²) >= 11 is 0. The van der Waals surface area contributed by atoms with Gasteiger partial charge in [-0.15, -0.1) is 0 Å². The van der Waals surface area contributed by atoms with Gasteiger partial charge in [-0.05, 0) is 38.6 Å². The van der Waals surface area contributed by atoms with Crippen molar-refractivity contribution in [1.29, 1.82) is 0 Å². The van der Waals surface area contributed by atoms with E-state index in [-0.39, 0.29) is 10.8 Å². The molecule has 1 aliphatic rings. The molecule has 1 aromatic heterocycles. The maximum atomic E-state index is 13.1.